The summed E-state index contributed by atoms with van der Waals surface area (Å²) in [5.41, 5.74) is 0.229. The molecule has 0 saturated heterocycles. The van der Waals surface area contributed by atoms with Gasteiger partial charge in [-0.15, -0.1) is 0 Å². The van der Waals surface area contributed by atoms with Gasteiger partial charge in [-0.05, 0) is 12.1 Å². The van der Waals surface area contributed by atoms with Crippen molar-refractivity contribution >= 4 is 42.9 Å². The number of pyridine rings is 1. The minimum absolute atomic E-state index is 0.141. The molecule has 1 aromatic rings. The van der Waals surface area contributed by atoms with Gasteiger partial charge < -0.3 is 0 Å². The van der Waals surface area contributed by atoms with Crippen molar-refractivity contribution in [1.82, 2.24) is 4.98 Å². The van der Waals surface area contributed by atoms with Crippen LogP contribution < -0.4 is 0 Å². The number of rotatable bonds is 2. The Labute approximate surface area is 90.1 Å². The SMILES string of the molecule is O=S(=O)(Cl)Cc1cc(Cl)cc(Cl)n1. The van der Waals surface area contributed by atoms with Crippen LogP contribution in [0.1, 0.15) is 5.69 Å². The molecule has 7 heteroatoms. The van der Waals surface area contributed by atoms with Crippen molar-refractivity contribution in [3.63, 3.8) is 0 Å². The lowest BCUT2D eigenvalue weighted by molar-refractivity contribution is 0.608. The van der Waals surface area contributed by atoms with Crippen LogP contribution in [0.25, 0.3) is 0 Å². The minimum Gasteiger partial charge on any atom is -0.240 e. The molecule has 0 spiro atoms. The third-order valence-electron chi connectivity index (χ3n) is 1.13. The van der Waals surface area contributed by atoms with Gasteiger partial charge in [-0.2, -0.15) is 0 Å². The van der Waals surface area contributed by atoms with Crippen LogP contribution in [-0.4, -0.2) is 13.4 Å². The molecule has 0 amide bonds. The minimum atomic E-state index is -3.62. The predicted octanol–water partition coefficient (Wildman–Crippen LogP) is 2.46. The first-order valence-corrected chi connectivity index (χ1v) is 6.34. The zero-order valence-corrected chi connectivity index (χ0v) is 9.25. The first-order valence-electron chi connectivity index (χ1n) is 3.11. The van der Waals surface area contributed by atoms with Gasteiger partial charge in [-0.3, -0.25) is 0 Å². The Balaban J connectivity index is 3.03. The highest BCUT2D eigenvalue weighted by Gasteiger charge is 2.09. The van der Waals surface area contributed by atoms with Gasteiger partial charge in [0.2, 0.25) is 9.05 Å². The lowest BCUT2D eigenvalue weighted by Crippen LogP contribution is -1.97. The molecule has 0 aliphatic rings. The maximum atomic E-state index is 10.7. The van der Waals surface area contributed by atoms with E-state index in [2.05, 4.69) is 4.98 Å². The smallest absolute Gasteiger partial charge is 0.238 e. The van der Waals surface area contributed by atoms with E-state index in [0.29, 0.717) is 5.02 Å². The van der Waals surface area contributed by atoms with Crippen molar-refractivity contribution in [3.05, 3.63) is 28.0 Å². The standard InChI is InChI=1S/C6H4Cl3NO2S/c7-4-1-5(3-13(9,11)12)10-6(8)2-4/h1-2H,3H2. The summed E-state index contributed by atoms with van der Waals surface area (Å²) < 4.78 is 21.3. The molecule has 1 aromatic heterocycles. The molecule has 1 rings (SSSR count). The quantitative estimate of drug-likeness (QED) is 0.606. The third kappa shape index (κ3) is 4.13. The second-order valence-electron chi connectivity index (χ2n) is 2.28. The van der Waals surface area contributed by atoms with Crippen LogP contribution in [0.15, 0.2) is 12.1 Å². The molecule has 0 unspecified atom stereocenters. The van der Waals surface area contributed by atoms with Gasteiger partial charge in [0.1, 0.15) is 10.9 Å². The monoisotopic (exact) mass is 259 g/mol. The maximum absolute atomic E-state index is 10.7. The maximum Gasteiger partial charge on any atom is 0.238 e. The van der Waals surface area contributed by atoms with Gasteiger partial charge in [0, 0.05) is 15.7 Å². The number of hydrogen-bond acceptors (Lipinski definition) is 3. The van der Waals surface area contributed by atoms with E-state index < -0.39 is 9.05 Å². The number of nitrogens with zero attached hydrogens (tertiary/aromatic N) is 1. The summed E-state index contributed by atoms with van der Waals surface area (Å²) in [6.45, 7) is 0. The van der Waals surface area contributed by atoms with Crippen LogP contribution >= 0.6 is 33.9 Å². The van der Waals surface area contributed by atoms with Gasteiger partial charge in [0.25, 0.3) is 0 Å². The molecule has 0 aliphatic heterocycles. The summed E-state index contributed by atoms with van der Waals surface area (Å²) in [5.74, 6) is -0.380. The van der Waals surface area contributed by atoms with E-state index in [1.807, 2.05) is 0 Å². The van der Waals surface area contributed by atoms with Crippen LogP contribution in [0, 0.1) is 0 Å². The Kier molecular flexibility index (Phi) is 3.40. The third-order valence-corrected chi connectivity index (χ3v) is 2.51. The van der Waals surface area contributed by atoms with Crippen molar-refractivity contribution in [3.8, 4) is 0 Å². The van der Waals surface area contributed by atoms with Gasteiger partial charge in [0.05, 0.1) is 5.69 Å². The lowest BCUT2D eigenvalue weighted by Gasteiger charge is -1.98. The molecule has 72 valence electrons. The van der Waals surface area contributed by atoms with Crippen molar-refractivity contribution in [1.29, 1.82) is 0 Å². The van der Waals surface area contributed by atoms with Gasteiger partial charge in [0.15, 0.2) is 0 Å². The Morgan fingerprint density at radius 2 is 1.92 bits per heavy atom. The van der Waals surface area contributed by atoms with Crippen molar-refractivity contribution < 1.29 is 8.42 Å². The molecule has 3 nitrogen and oxygen atoms in total. The van der Waals surface area contributed by atoms with Crippen molar-refractivity contribution in [2.45, 2.75) is 5.75 Å². The predicted molar refractivity (Wildman–Crippen MR) is 52.7 cm³/mol. The molecule has 0 aliphatic carbocycles. The number of aromatic nitrogens is 1. The molecule has 0 bridgehead atoms. The van der Waals surface area contributed by atoms with Crippen LogP contribution in [-0.2, 0) is 14.8 Å². The number of hydrogen-bond donors (Lipinski definition) is 0. The fourth-order valence-electron chi connectivity index (χ4n) is 0.767. The van der Waals surface area contributed by atoms with E-state index in [-0.39, 0.29) is 16.6 Å². The Bertz CT molecular complexity index is 398. The zero-order valence-electron chi connectivity index (χ0n) is 6.17. The second kappa shape index (κ2) is 4.00. The largest absolute Gasteiger partial charge is 0.240 e. The molecular weight excluding hydrogens is 256 g/mol. The zero-order chi connectivity index (χ0) is 10.1. The summed E-state index contributed by atoms with van der Waals surface area (Å²) >= 11 is 11.2. The molecule has 0 radical (unpaired) electrons. The highest BCUT2D eigenvalue weighted by Crippen LogP contribution is 2.17. The highest BCUT2D eigenvalue weighted by atomic mass is 35.7. The molecule has 13 heavy (non-hydrogen) atoms. The topological polar surface area (TPSA) is 47.0 Å². The summed E-state index contributed by atoms with van der Waals surface area (Å²) in [4.78, 5) is 3.74. The van der Waals surface area contributed by atoms with Gasteiger partial charge >= 0.3 is 0 Å². The van der Waals surface area contributed by atoms with Crippen LogP contribution in [0.5, 0.6) is 0 Å². The summed E-state index contributed by atoms with van der Waals surface area (Å²) in [5, 5.41) is 0.470. The average molecular weight is 261 g/mol. The van der Waals surface area contributed by atoms with Crippen LogP contribution in [0.4, 0.5) is 0 Å². The summed E-state index contributed by atoms with van der Waals surface area (Å²) in [7, 11) is 1.40. The Morgan fingerprint density at radius 3 is 2.38 bits per heavy atom. The summed E-state index contributed by atoms with van der Waals surface area (Å²) in [6.07, 6.45) is 0. The highest BCUT2D eigenvalue weighted by molar-refractivity contribution is 8.13. The van der Waals surface area contributed by atoms with Gasteiger partial charge in [-0.25, -0.2) is 13.4 Å². The van der Waals surface area contributed by atoms with E-state index in [1.165, 1.54) is 12.1 Å². The van der Waals surface area contributed by atoms with E-state index in [0.717, 1.165) is 0 Å². The van der Waals surface area contributed by atoms with E-state index >= 15 is 0 Å². The van der Waals surface area contributed by atoms with Crippen LogP contribution in [0.3, 0.4) is 0 Å². The molecule has 0 aromatic carbocycles. The normalized spacial score (nSPS) is 11.6. The fourth-order valence-corrected chi connectivity index (χ4v) is 2.11. The number of halogens is 3. The molecule has 0 saturated carbocycles. The molecular formula is C6H4Cl3NO2S. The van der Waals surface area contributed by atoms with Gasteiger partial charge in [-0.1, -0.05) is 23.2 Å². The van der Waals surface area contributed by atoms with E-state index in [1.54, 1.807) is 0 Å². The molecule has 0 N–H and O–H groups in total. The summed E-state index contributed by atoms with van der Waals surface area (Å²) in [6, 6.07) is 2.81. The van der Waals surface area contributed by atoms with Crippen molar-refractivity contribution in [2.75, 3.05) is 0 Å². The lowest BCUT2D eigenvalue weighted by atomic mass is 10.4. The first-order chi connectivity index (χ1) is 5.87. The molecule has 0 atom stereocenters. The van der Waals surface area contributed by atoms with E-state index in [4.69, 9.17) is 33.9 Å². The first kappa shape index (κ1) is 11.0. The Morgan fingerprint density at radius 1 is 1.31 bits per heavy atom. The fraction of sp³-hybridized carbons (Fsp3) is 0.167. The second-order valence-corrected chi connectivity index (χ2v) is 5.88. The van der Waals surface area contributed by atoms with Crippen molar-refractivity contribution in [2.24, 2.45) is 0 Å². The van der Waals surface area contributed by atoms with E-state index in [9.17, 15) is 8.42 Å². The molecule has 1 heterocycles. The van der Waals surface area contributed by atoms with Crippen LogP contribution in [0.2, 0.25) is 10.2 Å². The Hall–Kier alpha value is -0.0300. The molecule has 0 fully saturated rings. The average Bonchev–Trinajstić information content (AvgIpc) is 1.78.